The van der Waals surface area contributed by atoms with Crippen LogP contribution in [0.15, 0.2) is 18.2 Å². The van der Waals surface area contributed by atoms with E-state index in [1.54, 1.807) is 0 Å². The number of phenolic OH excluding ortho intramolecular Hbond substituents is 1. The lowest BCUT2D eigenvalue weighted by Gasteiger charge is -2.10. The molecule has 78 valence electrons. The van der Waals surface area contributed by atoms with Crippen LogP contribution in [0.2, 0.25) is 0 Å². The second-order valence-electron chi connectivity index (χ2n) is 2.78. The van der Waals surface area contributed by atoms with E-state index in [1.807, 2.05) is 0 Å². The van der Waals surface area contributed by atoms with Crippen LogP contribution >= 0.6 is 0 Å². The highest BCUT2D eigenvalue weighted by Crippen LogP contribution is 2.36. The van der Waals surface area contributed by atoms with Crippen LogP contribution in [-0.2, 0) is 17.5 Å². The van der Waals surface area contributed by atoms with Gasteiger partial charge in [0.15, 0.2) is 0 Å². The van der Waals surface area contributed by atoms with Crippen molar-refractivity contribution in [3.05, 3.63) is 29.3 Å². The number of phenols is 1. The predicted molar refractivity (Wildman–Crippen MR) is 43.8 cm³/mol. The van der Waals surface area contributed by atoms with Gasteiger partial charge < -0.3 is 9.84 Å². The molecule has 0 aromatic heterocycles. The van der Waals surface area contributed by atoms with Crippen LogP contribution in [0.5, 0.6) is 5.75 Å². The van der Waals surface area contributed by atoms with Crippen molar-refractivity contribution in [1.82, 2.24) is 0 Å². The molecule has 5 heteroatoms. The average molecular weight is 206 g/mol. The molecule has 0 radical (unpaired) electrons. The van der Waals surface area contributed by atoms with Crippen LogP contribution in [0.3, 0.4) is 0 Å². The summed E-state index contributed by atoms with van der Waals surface area (Å²) < 4.78 is 41.5. The lowest BCUT2D eigenvalue weighted by Crippen LogP contribution is -2.06. The van der Waals surface area contributed by atoms with Crippen molar-refractivity contribution >= 4 is 0 Å². The van der Waals surface area contributed by atoms with Crippen LogP contribution in [0.25, 0.3) is 0 Å². The molecule has 0 atom stereocenters. The van der Waals surface area contributed by atoms with Gasteiger partial charge in [-0.2, -0.15) is 13.2 Å². The quantitative estimate of drug-likeness (QED) is 0.805. The van der Waals surface area contributed by atoms with E-state index in [2.05, 4.69) is 4.74 Å². The molecule has 0 bridgehead atoms. The van der Waals surface area contributed by atoms with Crippen LogP contribution in [-0.4, -0.2) is 12.2 Å². The zero-order valence-electron chi connectivity index (χ0n) is 7.43. The molecule has 0 spiro atoms. The first-order chi connectivity index (χ1) is 6.45. The van der Waals surface area contributed by atoms with E-state index in [4.69, 9.17) is 5.11 Å². The van der Waals surface area contributed by atoms with Crippen LogP contribution < -0.4 is 0 Å². The molecule has 0 aliphatic heterocycles. The molecule has 0 saturated carbocycles. The number of alkyl halides is 3. The highest BCUT2D eigenvalue weighted by Gasteiger charge is 2.33. The number of ether oxygens (including phenoxy) is 1. The number of rotatable bonds is 2. The Morgan fingerprint density at radius 3 is 2.50 bits per heavy atom. The average Bonchev–Trinajstić information content (AvgIpc) is 2.07. The SMILES string of the molecule is COCc1ccc(O)c(C(F)(F)F)c1. The number of benzene rings is 1. The van der Waals surface area contributed by atoms with Gasteiger partial charge in [-0.05, 0) is 17.7 Å². The molecule has 0 heterocycles. The largest absolute Gasteiger partial charge is 0.507 e. The Labute approximate surface area is 78.9 Å². The summed E-state index contributed by atoms with van der Waals surface area (Å²) in [6.45, 7) is 0.0867. The summed E-state index contributed by atoms with van der Waals surface area (Å²) in [4.78, 5) is 0. The minimum absolute atomic E-state index is 0.0867. The second kappa shape index (κ2) is 3.88. The van der Waals surface area contributed by atoms with Crippen molar-refractivity contribution in [2.45, 2.75) is 12.8 Å². The Morgan fingerprint density at radius 2 is 2.00 bits per heavy atom. The van der Waals surface area contributed by atoms with Gasteiger partial charge in [0, 0.05) is 7.11 Å². The van der Waals surface area contributed by atoms with Gasteiger partial charge in [-0.3, -0.25) is 0 Å². The predicted octanol–water partition coefficient (Wildman–Crippen LogP) is 2.56. The van der Waals surface area contributed by atoms with E-state index >= 15 is 0 Å². The molecule has 2 nitrogen and oxygen atoms in total. The normalized spacial score (nSPS) is 11.7. The summed E-state index contributed by atoms with van der Waals surface area (Å²) in [5.41, 5.74) is -0.662. The molecule has 1 aromatic carbocycles. The van der Waals surface area contributed by atoms with Crippen LogP contribution in [0.4, 0.5) is 13.2 Å². The van der Waals surface area contributed by atoms with Gasteiger partial charge >= 0.3 is 6.18 Å². The first kappa shape index (κ1) is 10.8. The summed E-state index contributed by atoms with van der Waals surface area (Å²) in [6, 6.07) is 3.27. The van der Waals surface area contributed by atoms with Gasteiger partial charge in [-0.1, -0.05) is 6.07 Å². The van der Waals surface area contributed by atoms with Gasteiger partial charge in [-0.25, -0.2) is 0 Å². The van der Waals surface area contributed by atoms with Crippen molar-refractivity contribution in [2.75, 3.05) is 7.11 Å². The summed E-state index contributed by atoms with van der Waals surface area (Å²) in [5, 5.41) is 8.98. The van der Waals surface area contributed by atoms with Crippen LogP contribution in [0, 0.1) is 0 Å². The van der Waals surface area contributed by atoms with Crippen molar-refractivity contribution in [2.24, 2.45) is 0 Å². The van der Waals surface area contributed by atoms with Gasteiger partial charge in [-0.15, -0.1) is 0 Å². The molecule has 0 fully saturated rings. The first-order valence-electron chi connectivity index (χ1n) is 3.83. The Hall–Kier alpha value is -1.23. The van der Waals surface area contributed by atoms with E-state index < -0.39 is 17.5 Å². The second-order valence-corrected chi connectivity index (χ2v) is 2.78. The Balaban J connectivity index is 3.09. The fourth-order valence-corrected chi connectivity index (χ4v) is 1.07. The number of aromatic hydroxyl groups is 1. The smallest absolute Gasteiger partial charge is 0.419 e. The maximum atomic E-state index is 12.3. The van der Waals surface area contributed by atoms with E-state index in [0.717, 1.165) is 12.1 Å². The molecular weight excluding hydrogens is 197 g/mol. The standard InChI is InChI=1S/C9H9F3O2/c1-14-5-6-2-3-8(13)7(4-6)9(10,11)12/h2-4,13H,5H2,1H3. The third-order valence-corrected chi connectivity index (χ3v) is 1.68. The highest BCUT2D eigenvalue weighted by molar-refractivity contribution is 5.37. The van der Waals surface area contributed by atoms with Gasteiger partial charge in [0.05, 0.1) is 12.2 Å². The number of hydrogen-bond donors (Lipinski definition) is 1. The third-order valence-electron chi connectivity index (χ3n) is 1.68. The maximum absolute atomic E-state index is 12.3. The van der Waals surface area contributed by atoms with E-state index in [9.17, 15) is 13.2 Å². The molecule has 1 rings (SSSR count). The van der Waals surface area contributed by atoms with E-state index in [1.165, 1.54) is 13.2 Å². The van der Waals surface area contributed by atoms with Gasteiger partial charge in [0.1, 0.15) is 5.75 Å². The maximum Gasteiger partial charge on any atom is 0.419 e. The summed E-state index contributed by atoms with van der Waals surface area (Å²) in [5.74, 6) is -0.766. The molecule has 1 aromatic rings. The monoisotopic (exact) mass is 206 g/mol. The van der Waals surface area contributed by atoms with Crippen molar-refractivity contribution in [3.63, 3.8) is 0 Å². The molecule has 0 aliphatic rings. The van der Waals surface area contributed by atoms with Crippen molar-refractivity contribution in [1.29, 1.82) is 0 Å². The molecule has 1 N–H and O–H groups in total. The molecule has 14 heavy (non-hydrogen) atoms. The molecule has 0 saturated heterocycles. The Kier molecular flexibility index (Phi) is 3.00. The minimum atomic E-state index is -4.53. The molecular formula is C9H9F3O2. The summed E-state index contributed by atoms with van der Waals surface area (Å²) in [6.07, 6.45) is -4.53. The highest BCUT2D eigenvalue weighted by atomic mass is 19.4. The lowest BCUT2D eigenvalue weighted by atomic mass is 10.1. The van der Waals surface area contributed by atoms with Crippen LogP contribution in [0.1, 0.15) is 11.1 Å². The van der Waals surface area contributed by atoms with Gasteiger partial charge in [0.25, 0.3) is 0 Å². The fraction of sp³-hybridized carbons (Fsp3) is 0.333. The van der Waals surface area contributed by atoms with Crippen molar-refractivity contribution < 1.29 is 23.0 Å². The number of halogens is 3. The first-order valence-corrected chi connectivity index (χ1v) is 3.83. The zero-order chi connectivity index (χ0) is 10.8. The summed E-state index contributed by atoms with van der Waals surface area (Å²) >= 11 is 0. The van der Waals surface area contributed by atoms with Crippen molar-refractivity contribution in [3.8, 4) is 5.75 Å². The fourth-order valence-electron chi connectivity index (χ4n) is 1.07. The zero-order valence-corrected chi connectivity index (χ0v) is 7.43. The summed E-state index contributed by atoms with van der Waals surface area (Å²) in [7, 11) is 1.39. The topological polar surface area (TPSA) is 29.5 Å². The third kappa shape index (κ3) is 2.38. The Bertz CT molecular complexity index is 320. The van der Waals surface area contributed by atoms with Gasteiger partial charge in [0.2, 0.25) is 0 Å². The minimum Gasteiger partial charge on any atom is -0.507 e. The van der Waals surface area contributed by atoms with E-state index in [-0.39, 0.29) is 6.61 Å². The molecule has 0 unspecified atom stereocenters. The Morgan fingerprint density at radius 1 is 1.36 bits per heavy atom. The molecule has 0 aliphatic carbocycles. The molecule has 0 amide bonds. The lowest BCUT2D eigenvalue weighted by molar-refractivity contribution is -0.138. The number of hydrogen-bond acceptors (Lipinski definition) is 2. The number of methoxy groups -OCH3 is 1. The van der Waals surface area contributed by atoms with E-state index in [0.29, 0.717) is 5.56 Å².